The van der Waals surface area contributed by atoms with Crippen LogP contribution in [0, 0.1) is 11.8 Å². The third kappa shape index (κ3) is 2.92. The van der Waals surface area contributed by atoms with Gasteiger partial charge in [-0.25, -0.2) is 23.1 Å². The van der Waals surface area contributed by atoms with E-state index in [1.807, 2.05) is 0 Å². The summed E-state index contributed by atoms with van der Waals surface area (Å²) < 4.78 is 30.7. The molecule has 0 radical (unpaired) electrons. The highest BCUT2D eigenvalue weighted by Gasteiger charge is 2.44. The minimum atomic E-state index is -3.15. The van der Waals surface area contributed by atoms with Crippen LogP contribution in [0.1, 0.15) is 0 Å². The lowest BCUT2D eigenvalue weighted by atomic mass is 9.93. The summed E-state index contributed by atoms with van der Waals surface area (Å²) in [5, 5.41) is 0. The molecule has 3 heterocycles. The number of rotatable bonds is 4. The molecule has 8 heteroatoms. The van der Waals surface area contributed by atoms with E-state index in [2.05, 4.69) is 19.6 Å². The van der Waals surface area contributed by atoms with Gasteiger partial charge in [0.25, 0.3) is 0 Å². The highest BCUT2D eigenvalue weighted by molar-refractivity contribution is 7.88. The normalized spacial score (nSPS) is 29.6. The molecule has 0 amide bonds. The fourth-order valence-electron chi connectivity index (χ4n) is 2.89. The summed E-state index contributed by atoms with van der Waals surface area (Å²) in [7, 11) is -3.15. The molecule has 2 fully saturated rings. The number of aromatic nitrogens is 2. The van der Waals surface area contributed by atoms with Crippen LogP contribution in [0.4, 0.5) is 5.95 Å². The van der Waals surface area contributed by atoms with Crippen molar-refractivity contribution in [3.63, 3.8) is 0 Å². The molecule has 0 saturated carbocycles. The second kappa shape index (κ2) is 5.27. The van der Waals surface area contributed by atoms with E-state index in [9.17, 15) is 8.42 Å². The van der Waals surface area contributed by atoms with E-state index in [4.69, 9.17) is 4.74 Å². The first-order chi connectivity index (χ1) is 9.53. The summed E-state index contributed by atoms with van der Waals surface area (Å²) in [4.78, 5) is 10.6. The quantitative estimate of drug-likeness (QED) is 0.805. The lowest BCUT2D eigenvalue weighted by molar-refractivity contribution is 0.111. The third-order valence-corrected chi connectivity index (χ3v) is 4.57. The lowest BCUT2D eigenvalue weighted by Gasteiger charge is -2.19. The Balaban J connectivity index is 1.64. The first-order valence-corrected chi connectivity index (χ1v) is 8.50. The van der Waals surface area contributed by atoms with E-state index < -0.39 is 10.0 Å². The minimum absolute atomic E-state index is 0.144. The zero-order valence-corrected chi connectivity index (χ0v) is 12.1. The van der Waals surface area contributed by atoms with Crippen molar-refractivity contribution in [3.8, 4) is 0 Å². The fraction of sp³-hybridized carbons (Fsp3) is 0.667. The average Bonchev–Trinajstić information content (AvgIpc) is 2.96. The average molecular weight is 298 g/mol. The molecule has 2 saturated heterocycles. The summed E-state index contributed by atoms with van der Waals surface area (Å²) in [5.74, 6) is 1.25. The van der Waals surface area contributed by atoms with Crippen molar-refractivity contribution >= 4 is 16.0 Å². The molecule has 2 aliphatic rings. The van der Waals surface area contributed by atoms with E-state index in [1.165, 1.54) is 6.26 Å². The standard InChI is InChI=1S/C12H18N4O3S/c1-20(17,18)15-5-9-8-19-11-7-16(6-10(9)11)12-13-3-2-4-14-12/h2-4,9-11,15H,5-8H2,1H3/t9-,10-,11-/m1/s1. The summed E-state index contributed by atoms with van der Waals surface area (Å²) in [6, 6.07) is 1.79. The zero-order valence-electron chi connectivity index (χ0n) is 11.3. The molecular formula is C12H18N4O3S. The van der Waals surface area contributed by atoms with Gasteiger partial charge in [-0.2, -0.15) is 0 Å². The van der Waals surface area contributed by atoms with E-state index in [1.54, 1.807) is 18.5 Å². The maximum absolute atomic E-state index is 11.2. The molecule has 7 nitrogen and oxygen atoms in total. The van der Waals surface area contributed by atoms with Gasteiger partial charge in [-0.3, -0.25) is 0 Å². The molecule has 1 aromatic rings. The van der Waals surface area contributed by atoms with Crippen molar-refractivity contribution in [1.82, 2.24) is 14.7 Å². The molecule has 0 aliphatic carbocycles. The number of sulfonamides is 1. The molecule has 110 valence electrons. The monoisotopic (exact) mass is 298 g/mol. The second-order valence-electron chi connectivity index (χ2n) is 5.37. The number of nitrogens with one attached hydrogen (secondary N) is 1. The number of hydrogen-bond acceptors (Lipinski definition) is 6. The molecule has 0 spiro atoms. The Morgan fingerprint density at radius 3 is 2.85 bits per heavy atom. The van der Waals surface area contributed by atoms with Gasteiger partial charge >= 0.3 is 0 Å². The number of hydrogen-bond donors (Lipinski definition) is 1. The summed E-state index contributed by atoms with van der Waals surface area (Å²) in [6.45, 7) is 2.62. The minimum Gasteiger partial charge on any atom is -0.376 e. The van der Waals surface area contributed by atoms with Gasteiger partial charge in [0, 0.05) is 43.9 Å². The number of anilines is 1. The molecule has 20 heavy (non-hydrogen) atoms. The van der Waals surface area contributed by atoms with Gasteiger partial charge in [-0.15, -0.1) is 0 Å². The van der Waals surface area contributed by atoms with Gasteiger partial charge in [-0.05, 0) is 6.07 Å². The van der Waals surface area contributed by atoms with Crippen LogP contribution in [-0.4, -0.2) is 57.0 Å². The van der Waals surface area contributed by atoms with Gasteiger partial charge in [0.15, 0.2) is 0 Å². The maximum atomic E-state index is 11.2. The summed E-state index contributed by atoms with van der Waals surface area (Å²) in [5.41, 5.74) is 0. The molecule has 1 N–H and O–H groups in total. The smallest absolute Gasteiger partial charge is 0.225 e. The van der Waals surface area contributed by atoms with E-state index in [0.717, 1.165) is 13.1 Å². The van der Waals surface area contributed by atoms with Crippen LogP contribution in [0.15, 0.2) is 18.5 Å². The van der Waals surface area contributed by atoms with Crippen LogP contribution in [0.3, 0.4) is 0 Å². The van der Waals surface area contributed by atoms with Crippen molar-refractivity contribution in [2.45, 2.75) is 6.10 Å². The summed E-state index contributed by atoms with van der Waals surface area (Å²) >= 11 is 0. The molecule has 0 bridgehead atoms. The van der Waals surface area contributed by atoms with Crippen molar-refractivity contribution in [2.24, 2.45) is 11.8 Å². The van der Waals surface area contributed by atoms with Gasteiger partial charge in [0.2, 0.25) is 16.0 Å². The number of fused-ring (bicyclic) bond motifs is 1. The molecule has 0 unspecified atom stereocenters. The molecule has 0 aromatic carbocycles. The van der Waals surface area contributed by atoms with Gasteiger partial charge in [0.1, 0.15) is 0 Å². The molecular weight excluding hydrogens is 280 g/mol. The highest BCUT2D eigenvalue weighted by atomic mass is 32.2. The number of ether oxygens (including phenoxy) is 1. The fourth-order valence-corrected chi connectivity index (χ4v) is 3.40. The van der Waals surface area contributed by atoms with Crippen LogP contribution < -0.4 is 9.62 Å². The molecule has 1 aromatic heterocycles. The van der Waals surface area contributed by atoms with Crippen LogP contribution in [0.2, 0.25) is 0 Å². The van der Waals surface area contributed by atoms with Crippen molar-refractivity contribution in [1.29, 1.82) is 0 Å². The predicted octanol–water partition coefficient (Wildman–Crippen LogP) is -0.523. The largest absolute Gasteiger partial charge is 0.376 e. The van der Waals surface area contributed by atoms with Crippen LogP contribution in [0.25, 0.3) is 0 Å². The van der Waals surface area contributed by atoms with E-state index >= 15 is 0 Å². The SMILES string of the molecule is CS(=O)(=O)NC[C@@H]1CO[C@@H]2CN(c3ncccn3)C[C@H]12. The van der Waals surface area contributed by atoms with Gasteiger partial charge in [-0.1, -0.05) is 0 Å². The lowest BCUT2D eigenvalue weighted by Crippen LogP contribution is -2.33. The first-order valence-electron chi connectivity index (χ1n) is 6.61. The topological polar surface area (TPSA) is 84.4 Å². The molecule has 2 aliphatic heterocycles. The zero-order chi connectivity index (χ0) is 14.2. The maximum Gasteiger partial charge on any atom is 0.225 e. The van der Waals surface area contributed by atoms with Gasteiger partial charge < -0.3 is 9.64 Å². The number of nitrogens with zero attached hydrogens (tertiary/aromatic N) is 3. The van der Waals surface area contributed by atoms with Crippen LogP contribution in [-0.2, 0) is 14.8 Å². The van der Waals surface area contributed by atoms with Crippen molar-refractivity contribution in [3.05, 3.63) is 18.5 Å². The third-order valence-electron chi connectivity index (χ3n) is 3.88. The summed E-state index contributed by atoms with van der Waals surface area (Å²) in [6.07, 6.45) is 4.77. The van der Waals surface area contributed by atoms with E-state index in [0.29, 0.717) is 25.0 Å². The van der Waals surface area contributed by atoms with Crippen LogP contribution in [0.5, 0.6) is 0 Å². The Bertz CT molecular complexity index is 565. The highest BCUT2D eigenvalue weighted by Crippen LogP contribution is 2.34. The van der Waals surface area contributed by atoms with Gasteiger partial charge in [0.05, 0.1) is 19.0 Å². The Morgan fingerprint density at radius 2 is 2.15 bits per heavy atom. The molecule has 3 atom stereocenters. The Morgan fingerprint density at radius 1 is 1.40 bits per heavy atom. The predicted molar refractivity (Wildman–Crippen MR) is 73.8 cm³/mol. The second-order valence-corrected chi connectivity index (χ2v) is 7.20. The first kappa shape index (κ1) is 13.7. The van der Waals surface area contributed by atoms with E-state index in [-0.39, 0.29) is 12.0 Å². The van der Waals surface area contributed by atoms with Crippen molar-refractivity contribution < 1.29 is 13.2 Å². The Kier molecular flexibility index (Phi) is 3.61. The van der Waals surface area contributed by atoms with Crippen LogP contribution >= 0.6 is 0 Å². The Hall–Kier alpha value is -1.25. The molecule has 3 rings (SSSR count). The van der Waals surface area contributed by atoms with Crippen molar-refractivity contribution in [2.75, 3.05) is 37.4 Å². The Labute approximate surface area is 118 Å².